The summed E-state index contributed by atoms with van der Waals surface area (Å²) >= 11 is 0. The quantitative estimate of drug-likeness (QED) is 0.658. The Balaban J connectivity index is 1.77. The van der Waals surface area contributed by atoms with E-state index in [4.69, 9.17) is 9.94 Å². The van der Waals surface area contributed by atoms with Gasteiger partial charge in [0.25, 0.3) is 5.91 Å². The molecule has 112 valence electrons. The summed E-state index contributed by atoms with van der Waals surface area (Å²) < 4.78 is 0. The van der Waals surface area contributed by atoms with E-state index in [1.54, 1.807) is 0 Å². The van der Waals surface area contributed by atoms with Crippen LogP contribution in [-0.4, -0.2) is 84.9 Å². The lowest BCUT2D eigenvalue weighted by Crippen LogP contribution is -2.55. The molecule has 0 saturated carbocycles. The number of aliphatic carboxylic acids is 1. The second kappa shape index (κ2) is 6.19. The highest BCUT2D eigenvalue weighted by molar-refractivity contribution is 6.36. The molecule has 0 aromatic heterocycles. The van der Waals surface area contributed by atoms with Crippen LogP contribution in [0.15, 0.2) is 5.16 Å². The third kappa shape index (κ3) is 3.45. The monoisotopic (exact) mass is 284 g/mol. The Morgan fingerprint density at radius 3 is 2.85 bits per heavy atom. The minimum atomic E-state index is -1.14. The largest absolute Gasteiger partial charge is 0.477 e. The lowest BCUT2D eigenvalue weighted by Gasteiger charge is -2.37. The minimum Gasteiger partial charge on any atom is -0.477 e. The predicted molar refractivity (Wildman–Crippen MR) is 71.5 cm³/mol. The molecule has 0 aromatic rings. The number of oxime groups is 1. The molecule has 2 N–H and O–H groups in total. The molecule has 2 aliphatic heterocycles. The number of likely N-dealkylation sites (N-methyl/N-ethyl adjacent to an activating group) is 2. The van der Waals surface area contributed by atoms with Crippen LogP contribution in [0.2, 0.25) is 0 Å². The summed E-state index contributed by atoms with van der Waals surface area (Å²) in [6.07, 6.45) is -0.811. The third-order valence-electron chi connectivity index (χ3n) is 3.70. The number of nitrogens with zero attached hydrogens (tertiary/aromatic N) is 3. The van der Waals surface area contributed by atoms with E-state index in [1.165, 1.54) is 0 Å². The van der Waals surface area contributed by atoms with Crippen molar-refractivity contribution in [1.82, 2.24) is 15.1 Å². The number of hydrogen-bond donors (Lipinski definition) is 2. The van der Waals surface area contributed by atoms with E-state index in [0.29, 0.717) is 6.54 Å². The fraction of sp³-hybridized carbons (Fsp3) is 0.750. The zero-order valence-electron chi connectivity index (χ0n) is 11.7. The maximum absolute atomic E-state index is 11.9. The van der Waals surface area contributed by atoms with Gasteiger partial charge in [-0.15, -0.1) is 0 Å². The van der Waals surface area contributed by atoms with E-state index in [1.807, 2.05) is 7.05 Å². The number of carbonyl (C=O) groups excluding carboxylic acids is 1. The Morgan fingerprint density at radius 1 is 1.45 bits per heavy atom. The number of carboxylic acid groups (broad SMARTS) is 1. The summed E-state index contributed by atoms with van der Waals surface area (Å²) in [6.45, 7) is 3.38. The Bertz CT molecular complexity index is 426. The van der Waals surface area contributed by atoms with Crippen molar-refractivity contribution in [1.29, 1.82) is 0 Å². The molecule has 0 radical (unpaired) electrons. The molecule has 8 nitrogen and oxygen atoms in total. The van der Waals surface area contributed by atoms with Crippen LogP contribution < -0.4 is 5.32 Å². The van der Waals surface area contributed by atoms with Gasteiger partial charge in [-0.1, -0.05) is 5.16 Å². The maximum atomic E-state index is 11.9. The molecule has 0 bridgehead atoms. The molecule has 1 fully saturated rings. The van der Waals surface area contributed by atoms with Crippen LogP contribution in [0.1, 0.15) is 6.42 Å². The van der Waals surface area contributed by atoms with E-state index in [-0.39, 0.29) is 24.1 Å². The third-order valence-corrected chi connectivity index (χ3v) is 3.70. The second-order valence-electron chi connectivity index (χ2n) is 5.28. The number of carbonyl (C=O) groups is 2. The van der Waals surface area contributed by atoms with Crippen LogP contribution >= 0.6 is 0 Å². The molecule has 2 heterocycles. The number of amides is 1. The summed E-state index contributed by atoms with van der Waals surface area (Å²) in [6, 6.07) is 0.249. The molecule has 1 amide bonds. The predicted octanol–water partition coefficient (Wildman–Crippen LogP) is -1.42. The van der Waals surface area contributed by atoms with Crippen molar-refractivity contribution in [3.8, 4) is 0 Å². The van der Waals surface area contributed by atoms with Gasteiger partial charge in [0.05, 0.1) is 0 Å². The van der Waals surface area contributed by atoms with Crippen molar-refractivity contribution in [3.05, 3.63) is 0 Å². The molecule has 20 heavy (non-hydrogen) atoms. The fourth-order valence-electron chi connectivity index (χ4n) is 2.30. The molecule has 0 spiro atoms. The molecule has 0 aliphatic carbocycles. The van der Waals surface area contributed by atoms with Crippen molar-refractivity contribution in [2.24, 2.45) is 5.16 Å². The van der Waals surface area contributed by atoms with Crippen molar-refractivity contribution < 1.29 is 19.5 Å². The number of hydrogen-bond acceptors (Lipinski definition) is 6. The summed E-state index contributed by atoms with van der Waals surface area (Å²) in [4.78, 5) is 31.9. The summed E-state index contributed by atoms with van der Waals surface area (Å²) in [7, 11) is 4.08. The summed E-state index contributed by atoms with van der Waals surface area (Å²) in [5, 5.41) is 15.0. The zero-order chi connectivity index (χ0) is 14.7. The van der Waals surface area contributed by atoms with Gasteiger partial charge >= 0.3 is 5.97 Å². The Labute approximate surface area is 117 Å². The molecule has 2 rings (SSSR count). The highest BCUT2D eigenvalue weighted by Gasteiger charge is 2.32. The normalized spacial score (nSPS) is 27.8. The van der Waals surface area contributed by atoms with Crippen LogP contribution in [0.5, 0.6) is 0 Å². The number of carboxylic acids is 1. The van der Waals surface area contributed by atoms with Gasteiger partial charge in [-0.25, -0.2) is 4.79 Å². The molecule has 8 heteroatoms. The molecule has 2 aliphatic rings. The van der Waals surface area contributed by atoms with Gasteiger partial charge < -0.3 is 20.2 Å². The highest BCUT2D eigenvalue weighted by atomic mass is 16.6. The summed E-state index contributed by atoms with van der Waals surface area (Å²) in [5.41, 5.74) is -0.111. The second-order valence-corrected chi connectivity index (χ2v) is 5.28. The van der Waals surface area contributed by atoms with E-state index in [0.717, 1.165) is 19.6 Å². The molecular weight excluding hydrogens is 264 g/mol. The molecule has 1 saturated heterocycles. The zero-order valence-corrected chi connectivity index (χ0v) is 11.7. The number of rotatable bonds is 4. The van der Waals surface area contributed by atoms with Crippen molar-refractivity contribution in [2.45, 2.75) is 18.6 Å². The number of nitrogens with one attached hydrogen (secondary N) is 1. The van der Waals surface area contributed by atoms with Gasteiger partial charge in [0.15, 0.2) is 5.71 Å². The minimum absolute atomic E-state index is 0.0155. The first-order valence-corrected chi connectivity index (χ1v) is 6.60. The molecule has 2 unspecified atom stereocenters. The smallest absolute Gasteiger partial charge is 0.353 e. The van der Waals surface area contributed by atoms with Gasteiger partial charge in [0.1, 0.15) is 0 Å². The van der Waals surface area contributed by atoms with Crippen molar-refractivity contribution >= 4 is 17.6 Å². The van der Waals surface area contributed by atoms with Gasteiger partial charge in [-0.3, -0.25) is 9.69 Å². The van der Waals surface area contributed by atoms with Gasteiger partial charge in [-0.2, -0.15) is 0 Å². The van der Waals surface area contributed by atoms with Crippen LogP contribution in [0.4, 0.5) is 0 Å². The standard InChI is InChI=1S/C12H20N4O4/c1-15-3-4-16(2)8(7-15)6-13-11(17)10-5-9(12(18)19)14-20-10/h8,10H,3-7H2,1-2H3,(H,13,17)(H,18,19). The first kappa shape index (κ1) is 14.7. The van der Waals surface area contributed by atoms with E-state index in [2.05, 4.69) is 27.3 Å². The van der Waals surface area contributed by atoms with Crippen LogP contribution in [0.3, 0.4) is 0 Å². The van der Waals surface area contributed by atoms with Crippen LogP contribution in [0.25, 0.3) is 0 Å². The van der Waals surface area contributed by atoms with Gasteiger partial charge in [0, 0.05) is 38.6 Å². The lowest BCUT2D eigenvalue weighted by molar-refractivity contribution is -0.131. The fourth-order valence-corrected chi connectivity index (χ4v) is 2.30. The molecular formula is C12H20N4O4. The van der Waals surface area contributed by atoms with E-state index in [9.17, 15) is 9.59 Å². The lowest BCUT2D eigenvalue weighted by atomic mass is 10.1. The topological polar surface area (TPSA) is 94.5 Å². The molecule has 2 atom stereocenters. The van der Waals surface area contributed by atoms with Gasteiger partial charge in [0.2, 0.25) is 6.10 Å². The SMILES string of the molecule is CN1CCN(C)C(CNC(=O)C2CC(C(=O)O)=NO2)C1. The first-order valence-electron chi connectivity index (χ1n) is 6.60. The maximum Gasteiger partial charge on any atom is 0.353 e. The average molecular weight is 284 g/mol. The van der Waals surface area contributed by atoms with Crippen molar-refractivity contribution in [2.75, 3.05) is 40.3 Å². The highest BCUT2D eigenvalue weighted by Crippen LogP contribution is 2.11. The Kier molecular flexibility index (Phi) is 4.56. The number of piperazine rings is 1. The van der Waals surface area contributed by atoms with Crippen LogP contribution in [-0.2, 0) is 14.4 Å². The molecule has 0 aromatic carbocycles. The average Bonchev–Trinajstić information content (AvgIpc) is 2.89. The van der Waals surface area contributed by atoms with Crippen molar-refractivity contribution in [3.63, 3.8) is 0 Å². The van der Waals surface area contributed by atoms with E-state index < -0.39 is 12.1 Å². The first-order chi connectivity index (χ1) is 9.47. The van der Waals surface area contributed by atoms with E-state index >= 15 is 0 Å². The van der Waals surface area contributed by atoms with Crippen LogP contribution in [0, 0.1) is 0 Å². The Hall–Kier alpha value is -1.67. The summed E-state index contributed by atoms with van der Waals surface area (Å²) in [5.74, 6) is -1.46. The Morgan fingerprint density at radius 2 is 2.20 bits per heavy atom. The van der Waals surface area contributed by atoms with Gasteiger partial charge in [-0.05, 0) is 14.1 Å².